The largest absolute Gasteiger partial charge is 0.243 e. The zero-order valence-electron chi connectivity index (χ0n) is 6.78. The molecule has 2 aromatic heterocycles. The van der Waals surface area contributed by atoms with Crippen LogP contribution in [0, 0.1) is 11.3 Å². The molecular weight excluding hydrogens is 218 g/mol. The molecule has 0 aliphatic carbocycles. The lowest BCUT2D eigenvalue weighted by molar-refractivity contribution is 1.03. The molecule has 0 radical (unpaired) electrons. The van der Waals surface area contributed by atoms with E-state index in [1.165, 1.54) is 42.1 Å². The minimum Gasteiger partial charge on any atom is -0.243 e. The second-order valence-corrected chi connectivity index (χ2v) is 4.18. The van der Waals surface area contributed by atoms with Crippen molar-refractivity contribution in [3.05, 3.63) is 24.4 Å². The van der Waals surface area contributed by atoms with Crippen molar-refractivity contribution in [2.45, 2.75) is 9.37 Å². The van der Waals surface area contributed by atoms with Crippen LogP contribution in [0.2, 0.25) is 0 Å². The van der Waals surface area contributed by atoms with E-state index < -0.39 is 0 Å². The van der Waals surface area contributed by atoms with Crippen LogP contribution in [0.5, 0.6) is 0 Å². The minimum atomic E-state index is 0.452. The first-order valence-electron chi connectivity index (χ1n) is 3.55. The minimum absolute atomic E-state index is 0.452. The van der Waals surface area contributed by atoms with E-state index in [0.29, 0.717) is 10.6 Å². The van der Waals surface area contributed by atoms with Crippen molar-refractivity contribution in [1.29, 1.82) is 5.26 Å². The molecule has 0 aliphatic heterocycles. The fourth-order valence-electron chi connectivity index (χ4n) is 0.767. The van der Waals surface area contributed by atoms with Crippen LogP contribution >= 0.6 is 23.3 Å². The monoisotopic (exact) mass is 221 g/mol. The predicted molar refractivity (Wildman–Crippen MR) is 50.8 cm³/mol. The molecule has 68 valence electrons. The number of nitriles is 1. The lowest BCUT2D eigenvalue weighted by Crippen LogP contribution is -1.87. The third kappa shape index (κ3) is 1.86. The smallest absolute Gasteiger partial charge is 0.176 e. The topological polar surface area (TPSA) is 75.3 Å². The van der Waals surface area contributed by atoms with Crippen LogP contribution in [0.15, 0.2) is 28.2 Å². The molecule has 2 heterocycles. The fraction of sp³-hybridized carbons (Fsp3) is 0. The summed E-state index contributed by atoms with van der Waals surface area (Å²) in [6, 6.07) is 2.02. The highest BCUT2D eigenvalue weighted by molar-refractivity contribution is 8.00. The van der Waals surface area contributed by atoms with Gasteiger partial charge < -0.3 is 0 Å². The highest BCUT2D eigenvalue weighted by atomic mass is 32.2. The molecule has 0 saturated heterocycles. The van der Waals surface area contributed by atoms with Gasteiger partial charge in [-0.05, 0) is 23.3 Å². The van der Waals surface area contributed by atoms with Gasteiger partial charge in [-0.3, -0.25) is 0 Å². The SMILES string of the molecule is N#Cc1cncnc1Sc1ncns1. The van der Waals surface area contributed by atoms with Crippen molar-refractivity contribution in [1.82, 2.24) is 19.3 Å². The Morgan fingerprint density at radius 1 is 1.36 bits per heavy atom. The second-order valence-electron chi connectivity index (χ2n) is 2.16. The maximum Gasteiger partial charge on any atom is 0.176 e. The maximum absolute atomic E-state index is 8.77. The van der Waals surface area contributed by atoms with Crippen LogP contribution in [0.4, 0.5) is 0 Å². The van der Waals surface area contributed by atoms with Gasteiger partial charge in [-0.2, -0.15) is 9.64 Å². The van der Waals surface area contributed by atoms with E-state index >= 15 is 0 Å². The van der Waals surface area contributed by atoms with Gasteiger partial charge in [0.1, 0.15) is 29.3 Å². The van der Waals surface area contributed by atoms with Crippen molar-refractivity contribution >= 4 is 23.3 Å². The van der Waals surface area contributed by atoms with E-state index in [0.717, 1.165) is 4.34 Å². The molecule has 0 N–H and O–H groups in total. The average Bonchev–Trinajstić information content (AvgIpc) is 2.71. The molecule has 0 atom stereocenters. The first-order valence-corrected chi connectivity index (χ1v) is 5.14. The lowest BCUT2D eigenvalue weighted by atomic mass is 10.4. The summed E-state index contributed by atoms with van der Waals surface area (Å²) in [7, 11) is 0. The van der Waals surface area contributed by atoms with Crippen LogP contribution in [-0.4, -0.2) is 19.3 Å². The first-order chi connectivity index (χ1) is 6.90. The number of rotatable bonds is 2. The van der Waals surface area contributed by atoms with Crippen molar-refractivity contribution < 1.29 is 0 Å². The van der Waals surface area contributed by atoms with Gasteiger partial charge in [0.2, 0.25) is 0 Å². The van der Waals surface area contributed by atoms with Gasteiger partial charge in [0, 0.05) is 6.20 Å². The Balaban J connectivity index is 2.30. The Morgan fingerprint density at radius 3 is 3.00 bits per heavy atom. The summed E-state index contributed by atoms with van der Waals surface area (Å²) in [5, 5.41) is 9.38. The molecule has 0 fully saturated rings. The van der Waals surface area contributed by atoms with E-state index in [1.807, 2.05) is 6.07 Å². The van der Waals surface area contributed by atoms with Crippen molar-refractivity contribution in [3.63, 3.8) is 0 Å². The van der Waals surface area contributed by atoms with Gasteiger partial charge in [-0.1, -0.05) is 0 Å². The Labute approximate surface area is 88.0 Å². The van der Waals surface area contributed by atoms with Crippen LogP contribution in [0.25, 0.3) is 0 Å². The predicted octanol–water partition coefficient (Wildman–Crippen LogP) is 1.35. The lowest BCUT2D eigenvalue weighted by Gasteiger charge is -1.96. The maximum atomic E-state index is 8.77. The van der Waals surface area contributed by atoms with Crippen LogP contribution in [0.1, 0.15) is 5.56 Å². The van der Waals surface area contributed by atoms with Crippen molar-refractivity contribution in [2.24, 2.45) is 0 Å². The standard InChI is InChI=1S/C7H3N5S2/c8-1-5-2-9-3-10-6(5)13-7-11-4-12-14-7/h2-4H. The summed E-state index contributed by atoms with van der Waals surface area (Å²) in [6.07, 6.45) is 4.36. The van der Waals surface area contributed by atoms with E-state index in [-0.39, 0.29) is 0 Å². The first kappa shape index (κ1) is 9.05. The Morgan fingerprint density at radius 2 is 2.29 bits per heavy atom. The molecule has 0 aliphatic rings. The summed E-state index contributed by atoms with van der Waals surface area (Å²) in [5.41, 5.74) is 0.452. The van der Waals surface area contributed by atoms with Gasteiger partial charge >= 0.3 is 0 Å². The molecule has 7 heteroatoms. The Kier molecular flexibility index (Phi) is 2.67. The highest BCUT2D eigenvalue weighted by Gasteiger charge is 2.07. The summed E-state index contributed by atoms with van der Waals surface area (Å²) in [6.45, 7) is 0. The van der Waals surface area contributed by atoms with Crippen LogP contribution in [-0.2, 0) is 0 Å². The molecule has 5 nitrogen and oxygen atoms in total. The van der Waals surface area contributed by atoms with Gasteiger partial charge in [0.25, 0.3) is 0 Å². The van der Waals surface area contributed by atoms with Crippen LogP contribution < -0.4 is 0 Å². The average molecular weight is 221 g/mol. The fourth-order valence-corrected chi connectivity index (χ4v) is 2.13. The van der Waals surface area contributed by atoms with Gasteiger partial charge in [-0.25, -0.2) is 15.0 Å². The quantitative estimate of drug-likeness (QED) is 0.712. The second kappa shape index (κ2) is 4.13. The molecule has 2 rings (SSSR count). The zero-order chi connectivity index (χ0) is 9.80. The Hall–Kier alpha value is -1.52. The van der Waals surface area contributed by atoms with Gasteiger partial charge in [-0.15, -0.1) is 0 Å². The number of hydrogen-bond donors (Lipinski definition) is 0. The van der Waals surface area contributed by atoms with E-state index in [2.05, 4.69) is 19.3 Å². The molecule has 0 spiro atoms. The summed E-state index contributed by atoms with van der Waals surface area (Å²) in [4.78, 5) is 11.7. The van der Waals surface area contributed by atoms with Gasteiger partial charge in [0.05, 0.1) is 0 Å². The summed E-state index contributed by atoms with van der Waals surface area (Å²) >= 11 is 2.59. The van der Waals surface area contributed by atoms with Crippen LogP contribution in [0.3, 0.4) is 0 Å². The summed E-state index contributed by atoms with van der Waals surface area (Å²) < 4.78 is 4.62. The number of hydrogen-bond acceptors (Lipinski definition) is 7. The molecule has 14 heavy (non-hydrogen) atoms. The van der Waals surface area contributed by atoms with Gasteiger partial charge in [0.15, 0.2) is 4.34 Å². The van der Waals surface area contributed by atoms with E-state index in [4.69, 9.17) is 5.26 Å². The third-order valence-electron chi connectivity index (χ3n) is 1.32. The zero-order valence-corrected chi connectivity index (χ0v) is 8.42. The van der Waals surface area contributed by atoms with Crippen molar-refractivity contribution in [3.8, 4) is 6.07 Å². The number of aromatic nitrogens is 4. The molecule has 0 bridgehead atoms. The normalized spacial score (nSPS) is 9.64. The molecule has 2 aromatic rings. The Bertz CT molecular complexity index is 461. The molecular formula is C7H3N5S2. The highest BCUT2D eigenvalue weighted by Crippen LogP contribution is 2.27. The number of nitrogens with zero attached hydrogens (tertiary/aromatic N) is 5. The van der Waals surface area contributed by atoms with E-state index in [1.54, 1.807) is 0 Å². The van der Waals surface area contributed by atoms with E-state index in [9.17, 15) is 0 Å². The summed E-state index contributed by atoms with van der Waals surface area (Å²) in [5.74, 6) is 0. The molecule has 0 unspecified atom stereocenters. The third-order valence-corrected chi connectivity index (χ3v) is 3.05. The molecule has 0 saturated carbocycles. The molecule has 0 amide bonds. The van der Waals surface area contributed by atoms with Crippen molar-refractivity contribution in [2.75, 3.05) is 0 Å². The molecule has 0 aromatic carbocycles.